The molecule has 16 heavy (non-hydrogen) atoms. The highest BCUT2D eigenvalue weighted by Crippen LogP contribution is 2.27. The Morgan fingerprint density at radius 2 is 2.44 bits per heavy atom. The molecule has 1 atom stereocenters. The molecule has 0 radical (unpaired) electrons. The molecule has 2 heterocycles. The Hall–Kier alpha value is -0.970. The van der Waals surface area contributed by atoms with Crippen LogP contribution in [0.1, 0.15) is 31.9 Å². The quantitative estimate of drug-likeness (QED) is 0.823. The molecule has 0 aliphatic carbocycles. The van der Waals surface area contributed by atoms with Gasteiger partial charge in [0.2, 0.25) is 11.8 Å². The summed E-state index contributed by atoms with van der Waals surface area (Å²) < 4.78 is 5.20. The summed E-state index contributed by atoms with van der Waals surface area (Å²) in [4.78, 5) is 13.4. The molecule has 1 aliphatic heterocycles. The first-order valence-corrected chi connectivity index (χ1v) is 6.13. The summed E-state index contributed by atoms with van der Waals surface area (Å²) in [5.41, 5.74) is 0.886. The van der Waals surface area contributed by atoms with Crippen LogP contribution in [0.25, 0.3) is 0 Å². The summed E-state index contributed by atoms with van der Waals surface area (Å²) in [5.74, 6) is 2.04. The number of carbonyl (C=O) groups is 1. The molecule has 1 aromatic rings. The fraction of sp³-hybridized carbons (Fsp3) is 0.636. The first-order chi connectivity index (χ1) is 7.61. The Balaban J connectivity index is 2.15. The fourth-order valence-electron chi connectivity index (χ4n) is 1.79. The standard InChI is InChI=1S/C11H16N2O2S/c1-7(2)9-4-11(15-12-9)13-5-8(6-16)3-10(13)14/h4,7-8,16H,3,5-6H2,1-2H3. The van der Waals surface area contributed by atoms with E-state index >= 15 is 0 Å². The molecule has 1 aliphatic rings. The van der Waals surface area contributed by atoms with Crippen molar-refractivity contribution in [1.82, 2.24) is 5.16 Å². The third kappa shape index (κ3) is 2.09. The van der Waals surface area contributed by atoms with Crippen LogP contribution >= 0.6 is 12.6 Å². The molecule has 1 saturated heterocycles. The highest BCUT2D eigenvalue weighted by Gasteiger charge is 2.32. The number of amides is 1. The lowest BCUT2D eigenvalue weighted by molar-refractivity contribution is -0.117. The highest BCUT2D eigenvalue weighted by molar-refractivity contribution is 7.80. The number of anilines is 1. The molecule has 5 heteroatoms. The molecule has 0 aromatic carbocycles. The van der Waals surface area contributed by atoms with Gasteiger partial charge in [-0.25, -0.2) is 0 Å². The predicted molar refractivity (Wildman–Crippen MR) is 64.9 cm³/mol. The van der Waals surface area contributed by atoms with Gasteiger partial charge in [-0.1, -0.05) is 19.0 Å². The molecule has 0 saturated carbocycles. The smallest absolute Gasteiger partial charge is 0.234 e. The summed E-state index contributed by atoms with van der Waals surface area (Å²) in [6, 6.07) is 1.85. The van der Waals surface area contributed by atoms with Crippen LogP contribution in [0.2, 0.25) is 0 Å². The van der Waals surface area contributed by atoms with Crippen molar-refractivity contribution in [3.05, 3.63) is 11.8 Å². The minimum absolute atomic E-state index is 0.102. The molecule has 4 nitrogen and oxygen atoms in total. The molecule has 2 rings (SSSR count). The molecule has 0 bridgehead atoms. The van der Waals surface area contributed by atoms with Crippen LogP contribution in [-0.4, -0.2) is 23.4 Å². The zero-order valence-electron chi connectivity index (χ0n) is 9.51. The second-order valence-corrected chi connectivity index (χ2v) is 4.87. The van der Waals surface area contributed by atoms with E-state index in [1.54, 1.807) is 4.90 Å². The summed E-state index contributed by atoms with van der Waals surface area (Å²) in [5, 5.41) is 3.96. The van der Waals surface area contributed by atoms with E-state index in [4.69, 9.17) is 4.52 Å². The summed E-state index contributed by atoms with van der Waals surface area (Å²) in [7, 11) is 0. The second-order valence-electron chi connectivity index (χ2n) is 4.50. The van der Waals surface area contributed by atoms with Crippen molar-refractivity contribution in [3.8, 4) is 0 Å². The summed E-state index contributed by atoms with van der Waals surface area (Å²) >= 11 is 4.22. The predicted octanol–water partition coefficient (Wildman–Crippen LogP) is 2.08. The van der Waals surface area contributed by atoms with E-state index in [1.807, 2.05) is 19.9 Å². The maximum Gasteiger partial charge on any atom is 0.234 e. The third-order valence-corrected chi connectivity index (χ3v) is 3.35. The lowest BCUT2D eigenvalue weighted by Crippen LogP contribution is -2.24. The molecule has 0 N–H and O–H groups in total. The van der Waals surface area contributed by atoms with Crippen molar-refractivity contribution in [2.24, 2.45) is 5.92 Å². The molecule has 1 fully saturated rings. The van der Waals surface area contributed by atoms with Gasteiger partial charge >= 0.3 is 0 Å². The van der Waals surface area contributed by atoms with E-state index in [0.29, 0.717) is 30.7 Å². The van der Waals surface area contributed by atoms with Crippen molar-refractivity contribution in [2.45, 2.75) is 26.2 Å². The second kappa shape index (κ2) is 4.49. The summed E-state index contributed by atoms with van der Waals surface area (Å²) in [6.45, 7) is 4.78. The zero-order chi connectivity index (χ0) is 11.7. The van der Waals surface area contributed by atoms with Crippen LogP contribution in [-0.2, 0) is 4.79 Å². The molecule has 1 amide bonds. The van der Waals surface area contributed by atoms with Gasteiger partial charge in [0.1, 0.15) is 0 Å². The van der Waals surface area contributed by atoms with Crippen molar-refractivity contribution in [3.63, 3.8) is 0 Å². The molecule has 0 spiro atoms. The number of hydrogen-bond acceptors (Lipinski definition) is 4. The van der Waals surface area contributed by atoms with E-state index < -0.39 is 0 Å². The van der Waals surface area contributed by atoms with Gasteiger partial charge in [0, 0.05) is 19.0 Å². The topological polar surface area (TPSA) is 46.3 Å². The fourth-order valence-corrected chi connectivity index (χ4v) is 2.04. The van der Waals surface area contributed by atoms with Gasteiger partial charge < -0.3 is 4.52 Å². The van der Waals surface area contributed by atoms with Crippen LogP contribution in [0, 0.1) is 5.92 Å². The minimum atomic E-state index is 0.102. The van der Waals surface area contributed by atoms with Gasteiger partial charge in [-0.2, -0.15) is 12.6 Å². The largest absolute Gasteiger partial charge is 0.338 e. The van der Waals surface area contributed by atoms with Gasteiger partial charge in [0.05, 0.1) is 5.69 Å². The van der Waals surface area contributed by atoms with E-state index in [-0.39, 0.29) is 5.91 Å². The van der Waals surface area contributed by atoms with Gasteiger partial charge in [0.15, 0.2) is 0 Å². The number of thiol groups is 1. The zero-order valence-corrected chi connectivity index (χ0v) is 10.4. The minimum Gasteiger partial charge on any atom is -0.338 e. The van der Waals surface area contributed by atoms with Gasteiger partial charge in [-0.15, -0.1) is 0 Å². The van der Waals surface area contributed by atoms with Crippen LogP contribution in [0.4, 0.5) is 5.88 Å². The summed E-state index contributed by atoms with van der Waals surface area (Å²) in [6.07, 6.45) is 0.557. The third-order valence-electron chi connectivity index (χ3n) is 2.84. The van der Waals surface area contributed by atoms with Crippen molar-refractivity contribution in [1.29, 1.82) is 0 Å². The number of carbonyl (C=O) groups excluding carboxylic acids is 1. The Bertz CT molecular complexity index is 389. The normalized spacial score (nSPS) is 21.1. The molecular formula is C11H16N2O2S. The number of rotatable bonds is 3. The van der Waals surface area contributed by atoms with Crippen LogP contribution in [0.5, 0.6) is 0 Å². The lowest BCUT2D eigenvalue weighted by Gasteiger charge is -2.10. The van der Waals surface area contributed by atoms with Crippen LogP contribution < -0.4 is 4.90 Å². The van der Waals surface area contributed by atoms with E-state index in [9.17, 15) is 4.79 Å². The van der Waals surface area contributed by atoms with Gasteiger partial charge in [-0.05, 0) is 17.6 Å². The number of hydrogen-bond donors (Lipinski definition) is 1. The van der Waals surface area contributed by atoms with E-state index in [0.717, 1.165) is 11.4 Å². The maximum atomic E-state index is 11.7. The van der Waals surface area contributed by atoms with Crippen molar-refractivity contribution in [2.75, 3.05) is 17.2 Å². The Morgan fingerprint density at radius 1 is 1.69 bits per heavy atom. The Labute approximate surface area is 100 Å². The SMILES string of the molecule is CC(C)c1cc(N2CC(CS)CC2=O)on1. The van der Waals surface area contributed by atoms with Crippen LogP contribution in [0.15, 0.2) is 10.6 Å². The Morgan fingerprint density at radius 3 is 2.94 bits per heavy atom. The highest BCUT2D eigenvalue weighted by atomic mass is 32.1. The van der Waals surface area contributed by atoms with Crippen molar-refractivity contribution < 1.29 is 9.32 Å². The van der Waals surface area contributed by atoms with Gasteiger partial charge in [0.25, 0.3) is 0 Å². The first kappa shape index (κ1) is 11.5. The maximum absolute atomic E-state index is 11.7. The van der Waals surface area contributed by atoms with Crippen LogP contribution in [0.3, 0.4) is 0 Å². The molecule has 1 aromatic heterocycles. The average Bonchev–Trinajstić information content (AvgIpc) is 2.83. The van der Waals surface area contributed by atoms with E-state index in [1.165, 1.54) is 0 Å². The lowest BCUT2D eigenvalue weighted by atomic mass is 10.1. The molecule has 1 unspecified atom stereocenters. The monoisotopic (exact) mass is 240 g/mol. The van der Waals surface area contributed by atoms with Crippen molar-refractivity contribution >= 4 is 24.4 Å². The van der Waals surface area contributed by atoms with Gasteiger partial charge in [-0.3, -0.25) is 9.69 Å². The average molecular weight is 240 g/mol. The van der Waals surface area contributed by atoms with E-state index in [2.05, 4.69) is 17.8 Å². The number of aromatic nitrogens is 1. The number of nitrogens with zero attached hydrogens (tertiary/aromatic N) is 2. The molecule has 88 valence electrons. The first-order valence-electron chi connectivity index (χ1n) is 5.49. The Kier molecular flexibility index (Phi) is 3.23. The molecular weight excluding hydrogens is 224 g/mol.